The minimum atomic E-state index is 0.345. The van der Waals surface area contributed by atoms with Crippen molar-refractivity contribution in [2.75, 3.05) is 6.54 Å². The number of hydrogen-bond donors (Lipinski definition) is 1. The predicted octanol–water partition coefficient (Wildman–Crippen LogP) is 3.16. The van der Waals surface area contributed by atoms with E-state index in [2.05, 4.69) is 25.7 Å². The highest BCUT2D eigenvalue weighted by molar-refractivity contribution is 5.04. The van der Waals surface area contributed by atoms with Gasteiger partial charge in [-0.2, -0.15) is 0 Å². The molecule has 0 aromatic rings. The first kappa shape index (κ1) is 13.4. The van der Waals surface area contributed by atoms with Crippen LogP contribution >= 0.6 is 0 Å². The maximum Gasteiger partial charge on any atom is 0.0340 e. The highest BCUT2D eigenvalue weighted by atomic mass is 15.3. The van der Waals surface area contributed by atoms with Gasteiger partial charge in [-0.15, -0.1) is 0 Å². The van der Waals surface area contributed by atoms with Crippen LogP contribution in [0.3, 0.4) is 0 Å². The molecule has 2 nitrogen and oxygen atoms in total. The third-order valence-corrected chi connectivity index (χ3v) is 5.45. The molecule has 0 amide bonds. The summed E-state index contributed by atoms with van der Waals surface area (Å²) in [7, 11) is 0. The van der Waals surface area contributed by atoms with Crippen LogP contribution in [0.1, 0.15) is 65.7 Å². The number of hydrogen-bond acceptors (Lipinski definition) is 2. The molecule has 2 rings (SSSR count). The van der Waals surface area contributed by atoms with E-state index < -0.39 is 0 Å². The third-order valence-electron chi connectivity index (χ3n) is 5.45. The van der Waals surface area contributed by atoms with Crippen LogP contribution < -0.4 is 5.73 Å². The molecule has 4 unspecified atom stereocenters. The van der Waals surface area contributed by atoms with Gasteiger partial charge >= 0.3 is 0 Å². The fourth-order valence-corrected chi connectivity index (χ4v) is 4.42. The van der Waals surface area contributed by atoms with Crippen molar-refractivity contribution in [1.82, 2.24) is 4.90 Å². The zero-order valence-electron chi connectivity index (χ0n) is 11.9. The van der Waals surface area contributed by atoms with Gasteiger partial charge in [0.05, 0.1) is 0 Å². The second-order valence-corrected chi connectivity index (χ2v) is 6.34. The summed E-state index contributed by atoms with van der Waals surface area (Å²) < 4.78 is 0. The van der Waals surface area contributed by atoms with Gasteiger partial charge < -0.3 is 5.73 Å². The Hall–Kier alpha value is -0.0800. The van der Waals surface area contributed by atoms with Crippen LogP contribution in [0.2, 0.25) is 0 Å². The van der Waals surface area contributed by atoms with Gasteiger partial charge in [0.25, 0.3) is 0 Å². The standard InChI is InChI=1S/C15H30N2/c1-4-13-8-9-15(10-13,11-16)17-12(3)6-7-14(17)5-2/h12-14H,4-11,16H2,1-3H3. The molecule has 0 spiro atoms. The Morgan fingerprint density at radius 2 is 1.94 bits per heavy atom. The molecule has 1 aliphatic carbocycles. The molecule has 0 bridgehead atoms. The van der Waals surface area contributed by atoms with Gasteiger partial charge in [0, 0.05) is 24.2 Å². The van der Waals surface area contributed by atoms with Crippen molar-refractivity contribution in [3.05, 3.63) is 0 Å². The number of nitrogens with zero attached hydrogens (tertiary/aromatic N) is 1. The van der Waals surface area contributed by atoms with Gasteiger partial charge in [-0.05, 0) is 51.4 Å². The minimum Gasteiger partial charge on any atom is -0.329 e. The summed E-state index contributed by atoms with van der Waals surface area (Å²) in [6, 6.07) is 1.54. The number of likely N-dealkylation sites (tertiary alicyclic amines) is 1. The lowest BCUT2D eigenvalue weighted by Gasteiger charge is -2.45. The van der Waals surface area contributed by atoms with Crippen molar-refractivity contribution in [2.45, 2.75) is 83.3 Å². The molecule has 4 atom stereocenters. The molecule has 0 aromatic heterocycles. The predicted molar refractivity (Wildman–Crippen MR) is 74.0 cm³/mol. The Kier molecular flexibility index (Phi) is 4.14. The summed E-state index contributed by atoms with van der Waals surface area (Å²) >= 11 is 0. The smallest absolute Gasteiger partial charge is 0.0340 e. The molecular formula is C15H30N2. The summed E-state index contributed by atoms with van der Waals surface area (Å²) in [4.78, 5) is 2.82. The lowest BCUT2D eigenvalue weighted by Crippen LogP contribution is -2.56. The summed E-state index contributed by atoms with van der Waals surface area (Å²) in [5.41, 5.74) is 6.55. The fourth-order valence-electron chi connectivity index (χ4n) is 4.42. The second kappa shape index (κ2) is 5.27. The molecule has 0 radical (unpaired) electrons. The van der Waals surface area contributed by atoms with Crippen LogP contribution in [0.25, 0.3) is 0 Å². The molecule has 100 valence electrons. The number of rotatable bonds is 4. The van der Waals surface area contributed by atoms with Crippen molar-refractivity contribution in [2.24, 2.45) is 11.7 Å². The normalized spacial score (nSPS) is 43.4. The van der Waals surface area contributed by atoms with Gasteiger partial charge in [-0.25, -0.2) is 0 Å². The lowest BCUT2D eigenvalue weighted by molar-refractivity contribution is 0.0470. The van der Waals surface area contributed by atoms with E-state index in [9.17, 15) is 0 Å². The maximum atomic E-state index is 6.20. The van der Waals surface area contributed by atoms with Crippen LogP contribution in [-0.2, 0) is 0 Å². The van der Waals surface area contributed by atoms with Crippen molar-refractivity contribution in [1.29, 1.82) is 0 Å². The summed E-state index contributed by atoms with van der Waals surface area (Å²) in [6.45, 7) is 7.95. The second-order valence-electron chi connectivity index (χ2n) is 6.34. The molecule has 1 aliphatic heterocycles. The first-order valence-electron chi connectivity index (χ1n) is 7.65. The monoisotopic (exact) mass is 238 g/mol. The highest BCUT2D eigenvalue weighted by Crippen LogP contribution is 2.45. The van der Waals surface area contributed by atoms with E-state index in [1.807, 2.05) is 0 Å². The Balaban J connectivity index is 2.17. The molecule has 0 aromatic carbocycles. The van der Waals surface area contributed by atoms with Crippen LogP contribution in [0.15, 0.2) is 0 Å². The van der Waals surface area contributed by atoms with Crippen molar-refractivity contribution < 1.29 is 0 Å². The quantitative estimate of drug-likeness (QED) is 0.815. The first-order chi connectivity index (χ1) is 8.16. The van der Waals surface area contributed by atoms with E-state index in [4.69, 9.17) is 5.73 Å². The zero-order chi connectivity index (χ0) is 12.5. The van der Waals surface area contributed by atoms with Crippen LogP contribution in [0.5, 0.6) is 0 Å². The Bertz CT molecular complexity index is 253. The van der Waals surface area contributed by atoms with Crippen LogP contribution in [0.4, 0.5) is 0 Å². The molecule has 1 saturated carbocycles. The van der Waals surface area contributed by atoms with E-state index in [1.54, 1.807) is 0 Å². The summed E-state index contributed by atoms with van der Waals surface area (Å²) in [5.74, 6) is 0.920. The topological polar surface area (TPSA) is 29.3 Å². The van der Waals surface area contributed by atoms with Gasteiger partial charge in [0.1, 0.15) is 0 Å². The van der Waals surface area contributed by atoms with Gasteiger partial charge in [0.15, 0.2) is 0 Å². The maximum absolute atomic E-state index is 6.20. The average Bonchev–Trinajstić information content (AvgIpc) is 2.93. The third kappa shape index (κ3) is 2.26. The van der Waals surface area contributed by atoms with Crippen molar-refractivity contribution >= 4 is 0 Å². The molecule has 2 N–H and O–H groups in total. The highest BCUT2D eigenvalue weighted by Gasteiger charge is 2.48. The largest absolute Gasteiger partial charge is 0.329 e. The van der Waals surface area contributed by atoms with Gasteiger partial charge in [-0.1, -0.05) is 20.3 Å². The van der Waals surface area contributed by atoms with Crippen molar-refractivity contribution in [3.8, 4) is 0 Å². The van der Waals surface area contributed by atoms with Crippen molar-refractivity contribution in [3.63, 3.8) is 0 Å². The van der Waals surface area contributed by atoms with Crippen LogP contribution in [-0.4, -0.2) is 29.1 Å². The fraction of sp³-hybridized carbons (Fsp3) is 1.00. The van der Waals surface area contributed by atoms with Crippen LogP contribution in [0, 0.1) is 5.92 Å². The van der Waals surface area contributed by atoms with Gasteiger partial charge in [0.2, 0.25) is 0 Å². The lowest BCUT2D eigenvalue weighted by atomic mass is 9.90. The molecule has 1 saturated heterocycles. The average molecular weight is 238 g/mol. The zero-order valence-corrected chi connectivity index (χ0v) is 11.9. The summed E-state index contributed by atoms with van der Waals surface area (Å²) in [5, 5.41) is 0. The minimum absolute atomic E-state index is 0.345. The molecule has 17 heavy (non-hydrogen) atoms. The molecule has 2 heteroatoms. The Morgan fingerprint density at radius 1 is 1.18 bits per heavy atom. The first-order valence-corrected chi connectivity index (χ1v) is 7.65. The molecule has 2 aliphatic rings. The SMILES string of the molecule is CCC1CCC(CN)(N2C(C)CCC2CC)C1. The Labute approximate surface area is 107 Å². The molecule has 1 heterocycles. The summed E-state index contributed by atoms with van der Waals surface area (Å²) in [6.07, 6.45) is 9.47. The molecule has 2 fully saturated rings. The van der Waals surface area contributed by atoms with E-state index in [1.165, 1.54) is 44.9 Å². The molecular weight excluding hydrogens is 208 g/mol. The van der Waals surface area contributed by atoms with Gasteiger partial charge in [-0.3, -0.25) is 4.90 Å². The van der Waals surface area contributed by atoms with E-state index in [-0.39, 0.29) is 0 Å². The number of nitrogens with two attached hydrogens (primary N) is 1. The van der Waals surface area contributed by atoms with E-state index in [0.717, 1.165) is 24.5 Å². The van der Waals surface area contributed by atoms with E-state index >= 15 is 0 Å². The van der Waals surface area contributed by atoms with E-state index in [0.29, 0.717) is 5.54 Å². The Morgan fingerprint density at radius 3 is 2.47 bits per heavy atom.